The summed E-state index contributed by atoms with van der Waals surface area (Å²) < 4.78 is 7.94. The fourth-order valence-electron chi connectivity index (χ4n) is 2.04. The fourth-order valence-corrected chi connectivity index (χ4v) is 2.04. The molecule has 3 aromatic heterocycles. The number of aliphatic hydroxyl groups excluding tert-OH is 1. The molecule has 0 aliphatic carbocycles. The molecule has 0 aromatic carbocycles. The van der Waals surface area contributed by atoms with Crippen molar-refractivity contribution in [2.45, 2.75) is 26.0 Å². The first-order valence-electron chi connectivity index (χ1n) is 6.41. The minimum absolute atomic E-state index is 0.0762. The second-order valence-electron chi connectivity index (χ2n) is 4.85. The summed E-state index contributed by atoms with van der Waals surface area (Å²) in [6.07, 6.45) is 2.82. The highest BCUT2D eigenvalue weighted by Gasteiger charge is 2.13. The summed E-state index contributed by atoms with van der Waals surface area (Å²) in [5.41, 5.74) is 0.732. The van der Waals surface area contributed by atoms with Crippen molar-refractivity contribution in [3.63, 3.8) is 0 Å². The lowest BCUT2D eigenvalue weighted by Gasteiger charge is -2.01. The first kappa shape index (κ1) is 13.4. The van der Waals surface area contributed by atoms with Gasteiger partial charge in [-0.2, -0.15) is 10.1 Å². The van der Waals surface area contributed by atoms with E-state index in [2.05, 4.69) is 20.2 Å². The molecular weight excluding hydrogens is 276 g/mol. The Morgan fingerprint density at radius 3 is 3.05 bits per heavy atom. The van der Waals surface area contributed by atoms with Gasteiger partial charge in [0.2, 0.25) is 5.89 Å². The van der Waals surface area contributed by atoms with Crippen LogP contribution in [-0.2, 0) is 20.0 Å². The quantitative estimate of drug-likeness (QED) is 0.688. The zero-order valence-electron chi connectivity index (χ0n) is 11.6. The molecule has 21 heavy (non-hydrogen) atoms. The highest BCUT2D eigenvalue weighted by molar-refractivity contribution is 5.72. The van der Waals surface area contributed by atoms with Crippen molar-refractivity contribution in [1.82, 2.24) is 29.5 Å². The second kappa shape index (κ2) is 5.09. The third-order valence-electron chi connectivity index (χ3n) is 2.99. The van der Waals surface area contributed by atoms with Gasteiger partial charge in [-0.05, 0) is 6.92 Å². The van der Waals surface area contributed by atoms with Crippen LogP contribution in [0.1, 0.15) is 18.6 Å². The van der Waals surface area contributed by atoms with E-state index in [1.165, 1.54) is 10.9 Å². The Balaban J connectivity index is 1.91. The van der Waals surface area contributed by atoms with Gasteiger partial charge in [0.25, 0.3) is 5.56 Å². The van der Waals surface area contributed by atoms with E-state index in [0.29, 0.717) is 23.3 Å². The van der Waals surface area contributed by atoms with Crippen LogP contribution in [0.2, 0.25) is 0 Å². The molecule has 9 nitrogen and oxygen atoms in total. The van der Waals surface area contributed by atoms with E-state index in [1.807, 2.05) is 0 Å². The third kappa shape index (κ3) is 2.55. The van der Waals surface area contributed by atoms with Gasteiger partial charge >= 0.3 is 0 Å². The lowest BCUT2D eigenvalue weighted by molar-refractivity contribution is 0.191. The van der Waals surface area contributed by atoms with Gasteiger partial charge in [0, 0.05) is 13.5 Å². The van der Waals surface area contributed by atoms with Crippen LogP contribution in [-0.4, -0.2) is 40.7 Å². The van der Waals surface area contributed by atoms with Crippen LogP contribution in [0, 0.1) is 0 Å². The summed E-state index contributed by atoms with van der Waals surface area (Å²) in [4.78, 5) is 20.5. The molecule has 0 saturated heterocycles. The number of imidazole rings is 1. The Morgan fingerprint density at radius 2 is 2.29 bits per heavy atom. The van der Waals surface area contributed by atoms with Crippen molar-refractivity contribution in [3.05, 3.63) is 34.6 Å². The van der Waals surface area contributed by atoms with Gasteiger partial charge in [0.1, 0.15) is 17.6 Å². The van der Waals surface area contributed by atoms with Crippen molar-refractivity contribution in [1.29, 1.82) is 0 Å². The van der Waals surface area contributed by atoms with E-state index in [4.69, 9.17) is 4.52 Å². The first-order valence-corrected chi connectivity index (χ1v) is 6.41. The predicted octanol–water partition coefficient (Wildman–Crippen LogP) is -0.515. The van der Waals surface area contributed by atoms with Gasteiger partial charge in [-0.25, -0.2) is 9.67 Å². The SMILES string of the molecule is C[C@@H](O)Cc1noc(Cn2ncc3ncn(C)c3c2=O)n1. The molecule has 0 aliphatic rings. The summed E-state index contributed by atoms with van der Waals surface area (Å²) in [6, 6.07) is 0. The number of aryl methyl sites for hydroxylation is 1. The number of rotatable bonds is 4. The maximum absolute atomic E-state index is 12.3. The zero-order valence-corrected chi connectivity index (χ0v) is 11.6. The number of hydrogen-bond donors (Lipinski definition) is 1. The predicted molar refractivity (Wildman–Crippen MR) is 71.6 cm³/mol. The Kier molecular flexibility index (Phi) is 3.26. The van der Waals surface area contributed by atoms with E-state index in [0.717, 1.165) is 0 Å². The van der Waals surface area contributed by atoms with Gasteiger partial charge in [-0.1, -0.05) is 5.16 Å². The monoisotopic (exact) mass is 290 g/mol. The molecule has 0 fully saturated rings. The van der Waals surface area contributed by atoms with E-state index in [1.54, 1.807) is 24.9 Å². The molecule has 9 heteroatoms. The maximum atomic E-state index is 12.3. The zero-order chi connectivity index (χ0) is 15.0. The minimum Gasteiger partial charge on any atom is -0.393 e. The third-order valence-corrected chi connectivity index (χ3v) is 2.99. The molecule has 3 heterocycles. The normalized spacial score (nSPS) is 12.9. The molecule has 110 valence electrons. The van der Waals surface area contributed by atoms with Crippen molar-refractivity contribution in [3.8, 4) is 0 Å². The maximum Gasteiger partial charge on any atom is 0.293 e. The van der Waals surface area contributed by atoms with Gasteiger partial charge in [-0.15, -0.1) is 0 Å². The molecular formula is C12H14N6O3. The Hall–Kier alpha value is -2.55. The molecule has 0 saturated carbocycles. The Bertz CT molecular complexity index is 831. The smallest absolute Gasteiger partial charge is 0.293 e. The molecule has 3 aromatic rings. The summed E-state index contributed by atoms with van der Waals surface area (Å²) in [6.45, 7) is 1.71. The second-order valence-corrected chi connectivity index (χ2v) is 4.85. The average Bonchev–Trinajstić information content (AvgIpc) is 3.00. The Morgan fingerprint density at radius 1 is 1.48 bits per heavy atom. The summed E-state index contributed by atoms with van der Waals surface area (Å²) in [5.74, 6) is 0.663. The first-order chi connectivity index (χ1) is 10.0. The van der Waals surface area contributed by atoms with Crippen LogP contribution < -0.4 is 5.56 Å². The molecule has 0 radical (unpaired) electrons. The summed E-state index contributed by atoms with van der Waals surface area (Å²) in [5, 5.41) is 17.1. The number of aromatic nitrogens is 6. The van der Waals surface area contributed by atoms with E-state index >= 15 is 0 Å². The molecule has 0 aliphatic heterocycles. The van der Waals surface area contributed by atoms with Crippen LogP contribution in [0.25, 0.3) is 11.0 Å². The van der Waals surface area contributed by atoms with Crippen LogP contribution in [0.4, 0.5) is 0 Å². The highest BCUT2D eigenvalue weighted by Crippen LogP contribution is 2.05. The molecule has 0 amide bonds. The number of nitrogens with zero attached hydrogens (tertiary/aromatic N) is 6. The largest absolute Gasteiger partial charge is 0.393 e. The lowest BCUT2D eigenvalue weighted by atomic mass is 10.3. The minimum atomic E-state index is -0.554. The van der Waals surface area contributed by atoms with E-state index < -0.39 is 6.10 Å². The number of aliphatic hydroxyl groups is 1. The van der Waals surface area contributed by atoms with Crippen LogP contribution in [0.5, 0.6) is 0 Å². The number of hydrogen-bond acceptors (Lipinski definition) is 7. The Labute approximate surface area is 118 Å². The van der Waals surface area contributed by atoms with E-state index in [-0.39, 0.29) is 18.0 Å². The summed E-state index contributed by atoms with van der Waals surface area (Å²) >= 11 is 0. The molecule has 0 spiro atoms. The van der Waals surface area contributed by atoms with Crippen LogP contribution >= 0.6 is 0 Å². The molecule has 1 atom stereocenters. The van der Waals surface area contributed by atoms with Crippen molar-refractivity contribution in [2.24, 2.45) is 7.05 Å². The van der Waals surface area contributed by atoms with Crippen molar-refractivity contribution >= 4 is 11.0 Å². The van der Waals surface area contributed by atoms with Crippen molar-refractivity contribution in [2.75, 3.05) is 0 Å². The van der Waals surface area contributed by atoms with Crippen LogP contribution in [0.15, 0.2) is 21.8 Å². The van der Waals surface area contributed by atoms with Gasteiger partial charge in [-0.3, -0.25) is 4.79 Å². The standard InChI is InChI=1S/C12H14N6O3/c1-7(19)3-9-15-10(21-16-9)5-18-12(20)11-8(4-14-18)13-6-17(11)2/h4,6-7,19H,3,5H2,1-2H3/t7-/m1/s1. The van der Waals surface area contributed by atoms with Crippen LogP contribution in [0.3, 0.4) is 0 Å². The molecule has 0 unspecified atom stereocenters. The van der Waals surface area contributed by atoms with Gasteiger partial charge < -0.3 is 14.2 Å². The lowest BCUT2D eigenvalue weighted by Crippen LogP contribution is -2.24. The number of fused-ring (bicyclic) bond motifs is 1. The molecule has 0 bridgehead atoms. The highest BCUT2D eigenvalue weighted by atomic mass is 16.5. The molecule has 3 rings (SSSR count). The van der Waals surface area contributed by atoms with Crippen molar-refractivity contribution < 1.29 is 9.63 Å². The van der Waals surface area contributed by atoms with Gasteiger partial charge in [0.15, 0.2) is 5.82 Å². The topological polar surface area (TPSA) is 112 Å². The van der Waals surface area contributed by atoms with E-state index in [9.17, 15) is 9.90 Å². The fraction of sp³-hybridized carbons (Fsp3) is 0.417. The average molecular weight is 290 g/mol. The summed E-state index contributed by atoms with van der Waals surface area (Å²) in [7, 11) is 1.74. The van der Waals surface area contributed by atoms with Gasteiger partial charge in [0.05, 0.1) is 18.6 Å². The molecule has 1 N–H and O–H groups in total.